The van der Waals surface area contributed by atoms with Crippen molar-refractivity contribution in [1.29, 1.82) is 0 Å². The van der Waals surface area contributed by atoms with Crippen LogP contribution in [-0.2, 0) is 9.59 Å². The second-order valence-corrected chi connectivity index (χ2v) is 6.72. The number of unbranched alkanes of at least 4 members (excludes halogenated alkanes) is 7. The molecule has 0 aliphatic rings. The van der Waals surface area contributed by atoms with Crippen LogP contribution in [0.15, 0.2) is 18.2 Å². The smallest absolute Gasteiger partial charge is 0.313 e. The van der Waals surface area contributed by atoms with Gasteiger partial charge >= 0.3 is 11.8 Å². The summed E-state index contributed by atoms with van der Waals surface area (Å²) in [5, 5.41) is 5.91. The minimum Gasteiger partial charge on any atom is -0.348 e. The molecule has 2 N–H and O–H groups in total. The molecular formula is C18H26Cl2N2O2. The van der Waals surface area contributed by atoms with E-state index in [1.807, 2.05) is 0 Å². The number of carbonyl (C=O) groups excluding carboxylic acids is 2. The van der Waals surface area contributed by atoms with Gasteiger partial charge in [-0.05, 0) is 24.6 Å². The van der Waals surface area contributed by atoms with Gasteiger partial charge in [0.2, 0.25) is 0 Å². The summed E-state index contributed by atoms with van der Waals surface area (Å²) in [6.45, 7) is 2.72. The molecule has 0 radical (unpaired) electrons. The average Bonchev–Trinajstić information content (AvgIpc) is 2.52. The number of amides is 2. The van der Waals surface area contributed by atoms with Crippen LogP contribution in [0.4, 0.5) is 5.69 Å². The highest BCUT2D eigenvalue weighted by Crippen LogP contribution is 2.22. The summed E-state index contributed by atoms with van der Waals surface area (Å²) in [4.78, 5) is 23.5. The van der Waals surface area contributed by atoms with Crippen molar-refractivity contribution >= 4 is 40.7 Å². The fourth-order valence-corrected chi connectivity index (χ4v) is 2.88. The predicted octanol–water partition coefficient (Wildman–Crippen LogP) is 5.19. The standard InChI is InChI=1S/C18H26Cl2N2O2/c1-2-3-4-5-6-7-8-9-10-21-17(23)18(24)22-16-12-14(19)11-15(20)13-16/h11-13H,2-10H2,1H3,(H,21,23)(H,22,24). The van der Waals surface area contributed by atoms with Crippen molar-refractivity contribution in [3.63, 3.8) is 0 Å². The molecule has 0 atom stereocenters. The van der Waals surface area contributed by atoms with Gasteiger partial charge < -0.3 is 10.6 Å². The third-order valence-electron chi connectivity index (χ3n) is 3.64. The molecule has 0 spiro atoms. The molecule has 0 fully saturated rings. The Balaban J connectivity index is 2.15. The third kappa shape index (κ3) is 9.14. The molecule has 4 nitrogen and oxygen atoms in total. The van der Waals surface area contributed by atoms with Crippen LogP contribution in [0.3, 0.4) is 0 Å². The Morgan fingerprint density at radius 2 is 1.38 bits per heavy atom. The summed E-state index contributed by atoms with van der Waals surface area (Å²) in [5.41, 5.74) is 0.403. The topological polar surface area (TPSA) is 58.2 Å². The summed E-state index contributed by atoms with van der Waals surface area (Å²) >= 11 is 11.7. The zero-order valence-corrected chi connectivity index (χ0v) is 15.7. The fraction of sp³-hybridized carbons (Fsp3) is 0.556. The van der Waals surface area contributed by atoms with Crippen molar-refractivity contribution in [1.82, 2.24) is 5.32 Å². The molecule has 6 heteroatoms. The van der Waals surface area contributed by atoms with E-state index in [1.165, 1.54) is 50.7 Å². The highest BCUT2D eigenvalue weighted by molar-refractivity contribution is 6.40. The molecule has 0 saturated carbocycles. The van der Waals surface area contributed by atoms with Crippen molar-refractivity contribution in [2.24, 2.45) is 0 Å². The Morgan fingerprint density at radius 1 is 0.833 bits per heavy atom. The SMILES string of the molecule is CCCCCCCCCCNC(=O)C(=O)Nc1cc(Cl)cc(Cl)c1. The number of hydrogen-bond donors (Lipinski definition) is 2. The lowest BCUT2D eigenvalue weighted by molar-refractivity contribution is -0.136. The normalized spacial score (nSPS) is 10.5. The highest BCUT2D eigenvalue weighted by Gasteiger charge is 2.13. The van der Waals surface area contributed by atoms with Crippen LogP contribution in [0.2, 0.25) is 10.0 Å². The molecule has 0 unspecified atom stereocenters. The number of benzene rings is 1. The summed E-state index contributed by atoms with van der Waals surface area (Å²) in [6, 6.07) is 4.63. The largest absolute Gasteiger partial charge is 0.348 e. The summed E-state index contributed by atoms with van der Waals surface area (Å²) in [6.07, 6.45) is 9.52. The van der Waals surface area contributed by atoms with E-state index in [4.69, 9.17) is 23.2 Å². The van der Waals surface area contributed by atoms with Crippen LogP contribution in [0.1, 0.15) is 58.3 Å². The molecule has 0 bridgehead atoms. The van der Waals surface area contributed by atoms with Crippen molar-refractivity contribution in [2.75, 3.05) is 11.9 Å². The van der Waals surface area contributed by atoms with Gasteiger partial charge in [0, 0.05) is 22.3 Å². The third-order valence-corrected chi connectivity index (χ3v) is 4.08. The Kier molecular flexibility index (Phi) is 10.5. The highest BCUT2D eigenvalue weighted by atomic mass is 35.5. The Bertz CT molecular complexity index is 516. The first kappa shape index (κ1) is 20.8. The lowest BCUT2D eigenvalue weighted by atomic mass is 10.1. The Labute approximate surface area is 154 Å². The van der Waals surface area contributed by atoms with Gasteiger partial charge in [0.15, 0.2) is 0 Å². The van der Waals surface area contributed by atoms with Gasteiger partial charge in [-0.15, -0.1) is 0 Å². The van der Waals surface area contributed by atoms with E-state index in [1.54, 1.807) is 6.07 Å². The van der Waals surface area contributed by atoms with Crippen molar-refractivity contribution < 1.29 is 9.59 Å². The summed E-state index contributed by atoms with van der Waals surface area (Å²) in [5.74, 6) is -1.36. The summed E-state index contributed by atoms with van der Waals surface area (Å²) < 4.78 is 0. The molecule has 0 heterocycles. The van der Waals surface area contributed by atoms with Gasteiger partial charge in [0.1, 0.15) is 0 Å². The minimum atomic E-state index is -0.715. The van der Waals surface area contributed by atoms with Crippen LogP contribution < -0.4 is 10.6 Å². The average molecular weight is 373 g/mol. The second-order valence-electron chi connectivity index (χ2n) is 5.84. The van der Waals surface area contributed by atoms with Crippen molar-refractivity contribution in [3.8, 4) is 0 Å². The van der Waals surface area contributed by atoms with Crippen LogP contribution in [0.5, 0.6) is 0 Å². The fourth-order valence-electron chi connectivity index (χ4n) is 2.35. The Morgan fingerprint density at radius 3 is 1.96 bits per heavy atom. The number of hydrogen-bond acceptors (Lipinski definition) is 2. The van der Waals surface area contributed by atoms with Gasteiger partial charge in [-0.1, -0.05) is 75.1 Å². The van der Waals surface area contributed by atoms with E-state index in [-0.39, 0.29) is 0 Å². The maximum Gasteiger partial charge on any atom is 0.313 e. The molecule has 134 valence electrons. The zero-order chi connectivity index (χ0) is 17.8. The molecule has 2 amide bonds. The van der Waals surface area contributed by atoms with Gasteiger partial charge in [-0.25, -0.2) is 0 Å². The molecule has 1 aromatic rings. The maximum atomic E-state index is 11.8. The number of carbonyl (C=O) groups is 2. The van der Waals surface area contributed by atoms with E-state index in [9.17, 15) is 9.59 Å². The molecular weight excluding hydrogens is 347 g/mol. The van der Waals surface area contributed by atoms with Crippen LogP contribution in [0, 0.1) is 0 Å². The number of rotatable bonds is 10. The van der Waals surface area contributed by atoms with E-state index in [0.717, 1.165) is 12.8 Å². The number of anilines is 1. The lowest BCUT2D eigenvalue weighted by Gasteiger charge is -2.07. The number of nitrogens with one attached hydrogen (secondary N) is 2. The van der Waals surface area contributed by atoms with Gasteiger partial charge in [0.05, 0.1) is 0 Å². The lowest BCUT2D eigenvalue weighted by Crippen LogP contribution is -2.35. The molecule has 0 aliphatic heterocycles. The van der Waals surface area contributed by atoms with Gasteiger partial charge in [-0.3, -0.25) is 9.59 Å². The van der Waals surface area contributed by atoms with Crippen molar-refractivity contribution in [2.45, 2.75) is 58.3 Å². The van der Waals surface area contributed by atoms with Crippen molar-refractivity contribution in [3.05, 3.63) is 28.2 Å². The van der Waals surface area contributed by atoms with E-state index >= 15 is 0 Å². The van der Waals surface area contributed by atoms with E-state index in [2.05, 4.69) is 17.6 Å². The first-order valence-corrected chi connectivity index (χ1v) is 9.33. The first-order valence-electron chi connectivity index (χ1n) is 8.58. The first-order chi connectivity index (χ1) is 11.5. The number of halogens is 2. The minimum absolute atomic E-state index is 0.400. The monoisotopic (exact) mass is 372 g/mol. The molecule has 0 saturated heterocycles. The molecule has 0 aromatic heterocycles. The zero-order valence-electron chi connectivity index (χ0n) is 14.2. The molecule has 1 rings (SSSR count). The van der Waals surface area contributed by atoms with Gasteiger partial charge in [-0.2, -0.15) is 0 Å². The van der Waals surface area contributed by atoms with Crippen LogP contribution in [0.25, 0.3) is 0 Å². The maximum absolute atomic E-state index is 11.8. The van der Waals surface area contributed by atoms with Gasteiger partial charge in [0.25, 0.3) is 0 Å². The molecule has 0 aliphatic carbocycles. The summed E-state index contributed by atoms with van der Waals surface area (Å²) in [7, 11) is 0. The molecule has 24 heavy (non-hydrogen) atoms. The Hall–Kier alpha value is -1.26. The van der Waals surface area contributed by atoms with Crippen LogP contribution >= 0.6 is 23.2 Å². The molecule has 1 aromatic carbocycles. The van der Waals surface area contributed by atoms with E-state index in [0.29, 0.717) is 22.3 Å². The van der Waals surface area contributed by atoms with Crippen LogP contribution in [-0.4, -0.2) is 18.4 Å². The quantitative estimate of drug-likeness (QED) is 0.438. The van der Waals surface area contributed by atoms with E-state index < -0.39 is 11.8 Å². The predicted molar refractivity (Wildman–Crippen MR) is 101 cm³/mol. The second kappa shape index (κ2) is 12.2.